The maximum atomic E-state index is 10.7. The summed E-state index contributed by atoms with van der Waals surface area (Å²) in [6.07, 6.45) is 5.47. The highest BCUT2D eigenvalue weighted by atomic mass is 16.5. The Hall–Kier alpha value is -1.81. The summed E-state index contributed by atoms with van der Waals surface area (Å²) in [7, 11) is 3.74. The molecule has 20 heavy (non-hydrogen) atoms. The number of carbonyl (C=O) groups is 1. The van der Waals surface area contributed by atoms with E-state index in [1.54, 1.807) is 13.2 Å². The van der Waals surface area contributed by atoms with E-state index in [9.17, 15) is 4.79 Å². The fourth-order valence-electron chi connectivity index (χ4n) is 2.27. The van der Waals surface area contributed by atoms with Crippen molar-refractivity contribution >= 4 is 12.0 Å². The summed E-state index contributed by atoms with van der Waals surface area (Å²) < 4.78 is 5.25. The molecule has 0 saturated heterocycles. The smallest absolute Gasteiger partial charge is 0.328 e. The van der Waals surface area contributed by atoms with Crippen LogP contribution >= 0.6 is 0 Å². The Morgan fingerprint density at radius 3 is 2.85 bits per heavy atom. The van der Waals surface area contributed by atoms with E-state index in [4.69, 9.17) is 9.84 Å². The molecule has 0 aliphatic heterocycles. The molecule has 0 radical (unpaired) electrons. The lowest BCUT2D eigenvalue weighted by Gasteiger charge is -2.18. The first kappa shape index (κ1) is 14.6. The molecule has 108 valence electrons. The monoisotopic (exact) mass is 275 g/mol. The van der Waals surface area contributed by atoms with Crippen LogP contribution < -0.4 is 4.74 Å². The SMILES string of the molecule is COc1ccc(C=CC(=O)O)c(CN(C)CC2CC2)c1. The summed E-state index contributed by atoms with van der Waals surface area (Å²) in [5.74, 6) is 0.703. The molecule has 0 unspecified atom stereocenters. The Morgan fingerprint density at radius 1 is 1.50 bits per heavy atom. The number of hydrogen-bond donors (Lipinski definition) is 1. The first-order valence-corrected chi connectivity index (χ1v) is 6.85. The summed E-state index contributed by atoms with van der Waals surface area (Å²) in [6, 6.07) is 5.73. The second-order valence-electron chi connectivity index (χ2n) is 5.38. The van der Waals surface area contributed by atoms with Crippen LogP contribution in [-0.2, 0) is 11.3 Å². The van der Waals surface area contributed by atoms with E-state index in [0.717, 1.165) is 35.9 Å². The minimum Gasteiger partial charge on any atom is -0.497 e. The zero-order valence-corrected chi connectivity index (χ0v) is 12.0. The average molecular weight is 275 g/mol. The molecule has 1 saturated carbocycles. The van der Waals surface area contributed by atoms with Crippen molar-refractivity contribution in [1.29, 1.82) is 0 Å². The number of carboxylic acid groups (broad SMARTS) is 1. The lowest BCUT2D eigenvalue weighted by molar-refractivity contribution is -0.131. The molecule has 0 amide bonds. The number of carboxylic acids is 1. The molecule has 0 spiro atoms. The highest BCUT2D eigenvalue weighted by Crippen LogP contribution is 2.30. The van der Waals surface area contributed by atoms with Crippen molar-refractivity contribution in [3.63, 3.8) is 0 Å². The first-order valence-electron chi connectivity index (χ1n) is 6.85. The average Bonchev–Trinajstić information content (AvgIpc) is 3.20. The van der Waals surface area contributed by atoms with Crippen LogP contribution in [0.1, 0.15) is 24.0 Å². The van der Waals surface area contributed by atoms with Crippen molar-refractivity contribution < 1.29 is 14.6 Å². The van der Waals surface area contributed by atoms with E-state index in [1.165, 1.54) is 18.9 Å². The molecule has 1 N–H and O–H groups in total. The van der Waals surface area contributed by atoms with Crippen LogP contribution in [0.25, 0.3) is 6.08 Å². The van der Waals surface area contributed by atoms with Crippen LogP contribution in [-0.4, -0.2) is 36.7 Å². The minimum atomic E-state index is -0.932. The summed E-state index contributed by atoms with van der Waals surface area (Å²) in [5.41, 5.74) is 2.01. The molecule has 4 nitrogen and oxygen atoms in total. The van der Waals surface area contributed by atoms with Crippen molar-refractivity contribution in [2.75, 3.05) is 20.7 Å². The van der Waals surface area contributed by atoms with Crippen molar-refractivity contribution in [1.82, 2.24) is 4.90 Å². The minimum absolute atomic E-state index is 0.798. The number of ether oxygens (including phenoxy) is 1. The zero-order chi connectivity index (χ0) is 14.5. The van der Waals surface area contributed by atoms with E-state index < -0.39 is 5.97 Å². The summed E-state index contributed by atoms with van der Waals surface area (Å²) >= 11 is 0. The molecular weight excluding hydrogens is 254 g/mol. The maximum absolute atomic E-state index is 10.7. The molecule has 1 aromatic rings. The van der Waals surface area contributed by atoms with Gasteiger partial charge in [0.05, 0.1) is 7.11 Å². The lowest BCUT2D eigenvalue weighted by atomic mass is 10.1. The van der Waals surface area contributed by atoms with E-state index in [-0.39, 0.29) is 0 Å². The fraction of sp³-hybridized carbons (Fsp3) is 0.438. The molecule has 1 aliphatic rings. The highest BCUT2D eigenvalue weighted by Gasteiger charge is 2.22. The third-order valence-electron chi connectivity index (χ3n) is 3.46. The second-order valence-corrected chi connectivity index (χ2v) is 5.38. The van der Waals surface area contributed by atoms with Gasteiger partial charge in [-0.25, -0.2) is 4.79 Å². The highest BCUT2D eigenvalue weighted by molar-refractivity contribution is 5.85. The maximum Gasteiger partial charge on any atom is 0.328 e. The number of aliphatic carboxylic acids is 1. The Morgan fingerprint density at radius 2 is 2.25 bits per heavy atom. The molecule has 0 aromatic heterocycles. The number of rotatable bonds is 7. The van der Waals surface area contributed by atoms with Gasteiger partial charge >= 0.3 is 5.97 Å². The van der Waals surface area contributed by atoms with Gasteiger partial charge in [0.1, 0.15) is 5.75 Å². The lowest BCUT2D eigenvalue weighted by Crippen LogP contribution is -2.20. The van der Waals surface area contributed by atoms with Gasteiger partial charge in [0, 0.05) is 19.2 Å². The third-order valence-corrected chi connectivity index (χ3v) is 3.46. The number of benzene rings is 1. The molecule has 0 atom stereocenters. The zero-order valence-electron chi connectivity index (χ0n) is 12.0. The van der Waals surface area contributed by atoms with Crippen LogP contribution in [0.4, 0.5) is 0 Å². The quantitative estimate of drug-likeness (QED) is 0.777. The van der Waals surface area contributed by atoms with Crippen LogP contribution in [0, 0.1) is 5.92 Å². The predicted octanol–water partition coefficient (Wildman–Crippen LogP) is 2.63. The second kappa shape index (κ2) is 6.57. The molecule has 2 rings (SSSR count). The van der Waals surface area contributed by atoms with Crippen LogP contribution in [0.2, 0.25) is 0 Å². The Balaban J connectivity index is 2.14. The summed E-state index contributed by atoms with van der Waals surface area (Å²) in [4.78, 5) is 12.9. The molecule has 1 aliphatic carbocycles. The van der Waals surface area contributed by atoms with E-state index in [0.29, 0.717) is 0 Å². The molecule has 4 heteroatoms. The molecular formula is C16H21NO3. The standard InChI is InChI=1S/C16H21NO3/c1-17(10-12-3-4-12)11-14-9-15(20-2)7-5-13(14)6-8-16(18)19/h5-9,12H,3-4,10-11H2,1-2H3,(H,18,19). The van der Waals surface area contributed by atoms with Gasteiger partial charge in [-0.2, -0.15) is 0 Å². The van der Waals surface area contributed by atoms with Crippen LogP contribution in [0.15, 0.2) is 24.3 Å². The fourth-order valence-corrected chi connectivity index (χ4v) is 2.27. The van der Waals surface area contributed by atoms with Gasteiger partial charge < -0.3 is 14.7 Å². The van der Waals surface area contributed by atoms with Gasteiger partial charge in [-0.15, -0.1) is 0 Å². The Labute approximate surface area is 119 Å². The van der Waals surface area contributed by atoms with Crippen molar-refractivity contribution in [2.45, 2.75) is 19.4 Å². The van der Waals surface area contributed by atoms with Crippen LogP contribution in [0.3, 0.4) is 0 Å². The summed E-state index contributed by atoms with van der Waals surface area (Å²) in [6.45, 7) is 1.90. The van der Waals surface area contributed by atoms with Gasteiger partial charge in [0.2, 0.25) is 0 Å². The number of methoxy groups -OCH3 is 1. The topological polar surface area (TPSA) is 49.8 Å². The molecule has 1 aromatic carbocycles. The third kappa shape index (κ3) is 4.38. The predicted molar refractivity (Wildman–Crippen MR) is 78.7 cm³/mol. The number of nitrogens with zero attached hydrogens (tertiary/aromatic N) is 1. The van der Waals surface area contributed by atoms with Crippen molar-refractivity contribution in [3.05, 3.63) is 35.4 Å². The van der Waals surface area contributed by atoms with E-state index >= 15 is 0 Å². The number of hydrogen-bond acceptors (Lipinski definition) is 3. The van der Waals surface area contributed by atoms with Gasteiger partial charge in [0.15, 0.2) is 0 Å². The van der Waals surface area contributed by atoms with E-state index in [2.05, 4.69) is 11.9 Å². The van der Waals surface area contributed by atoms with Gasteiger partial charge in [-0.1, -0.05) is 6.07 Å². The Bertz CT molecular complexity index is 506. The van der Waals surface area contributed by atoms with Gasteiger partial charge in [-0.05, 0) is 55.1 Å². The summed E-state index contributed by atoms with van der Waals surface area (Å²) in [5, 5.41) is 8.75. The molecule has 0 heterocycles. The largest absolute Gasteiger partial charge is 0.497 e. The van der Waals surface area contributed by atoms with Gasteiger partial charge in [0.25, 0.3) is 0 Å². The normalized spacial score (nSPS) is 14.9. The Kier molecular flexibility index (Phi) is 4.79. The molecule has 0 bridgehead atoms. The van der Waals surface area contributed by atoms with Gasteiger partial charge in [-0.3, -0.25) is 0 Å². The van der Waals surface area contributed by atoms with Crippen molar-refractivity contribution in [2.24, 2.45) is 5.92 Å². The first-order chi connectivity index (χ1) is 9.58. The van der Waals surface area contributed by atoms with Crippen molar-refractivity contribution in [3.8, 4) is 5.75 Å². The molecule has 1 fully saturated rings. The van der Waals surface area contributed by atoms with E-state index in [1.807, 2.05) is 18.2 Å². The van der Waals surface area contributed by atoms with Crippen LogP contribution in [0.5, 0.6) is 5.75 Å².